The maximum Gasteiger partial charge on any atom is 0.434 e. The molecule has 0 unspecified atom stereocenters. The second-order valence-electron chi connectivity index (χ2n) is 6.01. The van der Waals surface area contributed by atoms with Crippen molar-refractivity contribution in [2.75, 3.05) is 10.6 Å². The number of benzene rings is 2. The van der Waals surface area contributed by atoms with Crippen LogP contribution < -0.4 is 10.6 Å². The minimum atomic E-state index is -4.82. The van der Waals surface area contributed by atoms with Gasteiger partial charge in [0, 0.05) is 23.3 Å². The quantitative estimate of drug-likeness (QED) is 0.636. The summed E-state index contributed by atoms with van der Waals surface area (Å²) in [6.45, 7) is 1.34. The molecule has 1 heterocycles. The number of hydrogen-bond acceptors (Lipinski definition) is 3. The van der Waals surface area contributed by atoms with Gasteiger partial charge in [-0.25, -0.2) is 4.68 Å². The molecule has 0 saturated carbocycles. The van der Waals surface area contributed by atoms with E-state index in [0.717, 1.165) is 6.20 Å². The molecule has 0 aliphatic heterocycles. The van der Waals surface area contributed by atoms with Gasteiger partial charge in [-0.1, -0.05) is 11.6 Å². The number of nitrogens with one attached hydrogen (secondary N) is 2. The van der Waals surface area contributed by atoms with Crippen molar-refractivity contribution in [3.8, 4) is 5.69 Å². The third-order valence-corrected chi connectivity index (χ3v) is 4.07. The van der Waals surface area contributed by atoms with E-state index in [4.69, 9.17) is 11.6 Å². The minimum absolute atomic E-state index is 0.112. The van der Waals surface area contributed by atoms with Crippen molar-refractivity contribution < 1.29 is 22.8 Å². The van der Waals surface area contributed by atoms with E-state index in [0.29, 0.717) is 15.4 Å². The number of nitrogens with zero attached hydrogens (tertiary/aromatic N) is 2. The van der Waals surface area contributed by atoms with E-state index < -0.39 is 23.3 Å². The number of amides is 2. The van der Waals surface area contributed by atoms with Gasteiger partial charge in [0.2, 0.25) is 5.91 Å². The summed E-state index contributed by atoms with van der Waals surface area (Å²) in [5, 5.41) is 9.04. The number of carbonyl (C=O) groups excluding carboxylic acids is 2. The Hall–Kier alpha value is -3.33. The minimum Gasteiger partial charge on any atom is -0.326 e. The lowest BCUT2D eigenvalue weighted by molar-refractivity contribution is -0.143. The highest BCUT2D eigenvalue weighted by molar-refractivity contribution is 6.30. The van der Waals surface area contributed by atoms with Crippen LogP contribution in [0.3, 0.4) is 0 Å². The van der Waals surface area contributed by atoms with Gasteiger partial charge >= 0.3 is 6.18 Å². The van der Waals surface area contributed by atoms with Crippen molar-refractivity contribution in [1.29, 1.82) is 0 Å². The third kappa shape index (κ3) is 4.75. The predicted molar refractivity (Wildman–Crippen MR) is 102 cm³/mol. The second kappa shape index (κ2) is 7.96. The number of hydrogen-bond donors (Lipinski definition) is 2. The van der Waals surface area contributed by atoms with E-state index in [1.54, 1.807) is 0 Å². The number of alkyl halides is 3. The van der Waals surface area contributed by atoms with Crippen molar-refractivity contribution in [3.63, 3.8) is 0 Å². The summed E-state index contributed by atoms with van der Waals surface area (Å²) in [6, 6.07) is 11.5. The van der Waals surface area contributed by atoms with Crippen LogP contribution in [0.1, 0.15) is 23.0 Å². The Bertz CT molecular complexity index is 1040. The topological polar surface area (TPSA) is 76.0 Å². The lowest BCUT2D eigenvalue weighted by atomic mass is 10.2. The van der Waals surface area contributed by atoms with Crippen molar-refractivity contribution in [2.24, 2.45) is 0 Å². The van der Waals surface area contributed by atoms with Crippen LogP contribution in [-0.4, -0.2) is 21.6 Å². The van der Waals surface area contributed by atoms with Gasteiger partial charge < -0.3 is 10.6 Å². The summed E-state index contributed by atoms with van der Waals surface area (Å²) in [7, 11) is 0. The fourth-order valence-electron chi connectivity index (χ4n) is 2.60. The summed E-state index contributed by atoms with van der Waals surface area (Å²) >= 11 is 5.77. The molecule has 29 heavy (non-hydrogen) atoms. The summed E-state index contributed by atoms with van der Waals surface area (Å²) in [4.78, 5) is 23.5. The molecular weight excluding hydrogens is 409 g/mol. The largest absolute Gasteiger partial charge is 0.434 e. The smallest absolute Gasteiger partial charge is 0.326 e. The molecule has 3 aromatic rings. The van der Waals surface area contributed by atoms with Crippen molar-refractivity contribution in [3.05, 3.63) is 71.0 Å². The fraction of sp³-hybridized carbons (Fsp3) is 0.105. The van der Waals surface area contributed by atoms with Crippen LogP contribution in [0.4, 0.5) is 24.5 Å². The first kappa shape index (κ1) is 20.4. The van der Waals surface area contributed by atoms with Crippen LogP contribution >= 0.6 is 11.6 Å². The molecule has 2 N–H and O–H groups in total. The number of carbonyl (C=O) groups is 2. The molecule has 0 fully saturated rings. The SMILES string of the molecule is CC(=O)Nc1ccc(NC(=O)c2cnn(-c3ccc(Cl)cc3)c2C(F)(F)F)cc1. The van der Waals surface area contributed by atoms with Crippen molar-refractivity contribution >= 4 is 34.8 Å². The zero-order valence-corrected chi connectivity index (χ0v) is 15.7. The molecule has 0 atom stereocenters. The van der Waals surface area contributed by atoms with Crippen LogP contribution in [0.2, 0.25) is 5.02 Å². The molecule has 1 aromatic heterocycles. The highest BCUT2D eigenvalue weighted by Gasteiger charge is 2.40. The van der Waals surface area contributed by atoms with E-state index in [1.165, 1.54) is 55.5 Å². The van der Waals surface area contributed by atoms with Gasteiger partial charge in [-0.2, -0.15) is 18.3 Å². The highest BCUT2D eigenvalue weighted by Crippen LogP contribution is 2.34. The van der Waals surface area contributed by atoms with Gasteiger partial charge in [0.25, 0.3) is 5.91 Å². The molecule has 10 heteroatoms. The van der Waals surface area contributed by atoms with E-state index >= 15 is 0 Å². The second-order valence-corrected chi connectivity index (χ2v) is 6.44. The van der Waals surface area contributed by atoms with Gasteiger partial charge in [0.05, 0.1) is 17.4 Å². The van der Waals surface area contributed by atoms with Gasteiger partial charge in [-0.3, -0.25) is 9.59 Å². The Morgan fingerprint density at radius 2 is 1.52 bits per heavy atom. The Kier molecular flexibility index (Phi) is 5.60. The Balaban J connectivity index is 1.90. The molecule has 0 saturated heterocycles. The maximum atomic E-state index is 13.7. The molecule has 6 nitrogen and oxygen atoms in total. The first-order chi connectivity index (χ1) is 13.6. The Morgan fingerprint density at radius 1 is 0.966 bits per heavy atom. The van der Waals surface area contributed by atoms with Crippen LogP contribution in [0.5, 0.6) is 0 Å². The molecule has 0 aliphatic carbocycles. The molecule has 2 aromatic carbocycles. The lowest BCUT2D eigenvalue weighted by Gasteiger charge is -2.13. The Morgan fingerprint density at radius 3 is 2.03 bits per heavy atom. The van der Waals surface area contributed by atoms with Gasteiger partial charge in [-0.15, -0.1) is 0 Å². The average Bonchev–Trinajstić information content (AvgIpc) is 3.09. The van der Waals surface area contributed by atoms with Crippen LogP contribution in [-0.2, 0) is 11.0 Å². The van der Waals surface area contributed by atoms with Gasteiger partial charge in [-0.05, 0) is 48.5 Å². The fourth-order valence-corrected chi connectivity index (χ4v) is 2.73. The monoisotopic (exact) mass is 422 g/mol. The number of anilines is 2. The Labute approximate surface area is 168 Å². The molecule has 0 bridgehead atoms. The van der Waals surface area contributed by atoms with Crippen LogP contribution in [0, 0.1) is 0 Å². The van der Waals surface area contributed by atoms with Gasteiger partial charge in [0.15, 0.2) is 5.69 Å². The van der Waals surface area contributed by atoms with E-state index in [2.05, 4.69) is 15.7 Å². The number of aromatic nitrogens is 2. The summed E-state index contributed by atoms with van der Waals surface area (Å²) in [6.07, 6.45) is -3.96. The van der Waals surface area contributed by atoms with E-state index in [1.807, 2.05) is 0 Å². The van der Waals surface area contributed by atoms with E-state index in [9.17, 15) is 22.8 Å². The summed E-state index contributed by atoms with van der Waals surface area (Å²) in [5.41, 5.74) is -0.968. The molecule has 150 valence electrons. The first-order valence-electron chi connectivity index (χ1n) is 8.25. The van der Waals surface area contributed by atoms with E-state index in [-0.39, 0.29) is 17.3 Å². The highest BCUT2D eigenvalue weighted by atomic mass is 35.5. The standard InChI is InChI=1S/C19H14ClF3N4O2/c1-11(28)25-13-4-6-14(7-5-13)26-18(29)16-10-24-27(17(16)19(21,22)23)15-8-2-12(20)3-9-15/h2-10H,1H3,(H,25,28)(H,26,29). The molecule has 3 rings (SSSR count). The van der Waals surface area contributed by atoms with Crippen molar-refractivity contribution in [1.82, 2.24) is 9.78 Å². The number of halogens is 4. The molecule has 0 aliphatic rings. The zero-order valence-electron chi connectivity index (χ0n) is 14.9. The van der Waals surface area contributed by atoms with Crippen molar-refractivity contribution in [2.45, 2.75) is 13.1 Å². The summed E-state index contributed by atoms with van der Waals surface area (Å²) in [5.74, 6) is -1.24. The normalized spacial score (nSPS) is 11.2. The predicted octanol–water partition coefficient (Wildman–Crippen LogP) is 4.76. The average molecular weight is 423 g/mol. The van der Waals surface area contributed by atoms with Crippen LogP contribution in [0.15, 0.2) is 54.7 Å². The zero-order chi connectivity index (χ0) is 21.2. The van der Waals surface area contributed by atoms with Crippen LogP contribution in [0.25, 0.3) is 5.69 Å². The summed E-state index contributed by atoms with van der Waals surface area (Å²) < 4.78 is 41.7. The third-order valence-electron chi connectivity index (χ3n) is 3.82. The molecule has 0 spiro atoms. The lowest BCUT2D eigenvalue weighted by Crippen LogP contribution is -2.20. The molecule has 2 amide bonds. The first-order valence-corrected chi connectivity index (χ1v) is 8.63. The van der Waals surface area contributed by atoms with Gasteiger partial charge in [0.1, 0.15) is 0 Å². The molecular formula is C19H14ClF3N4O2. The number of rotatable bonds is 4. The molecule has 0 radical (unpaired) electrons. The maximum absolute atomic E-state index is 13.7.